The van der Waals surface area contributed by atoms with Crippen molar-refractivity contribution >= 4 is 16.7 Å². The van der Waals surface area contributed by atoms with Gasteiger partial charge in [0.2, 0.25) is 0 Å². The van der Waals surface area contributed by atoms with Gasteiger partial charge in [0.1, 0.15) is 5.75 Å². The van der Waals surface area contributed by atoms with Crippen molar-refractivity contribution in [1.82, 2.24) is 4.57 Å². The van der Waals surface area contributed by atoms with Crippen LogP contribution in [0.4, 0.5) is 0 Å². The van der Waals surface area contributed by atoms with E-state index in [4.69, 9.17) is 9.84 Å². The maximum absolute atomic E-state index is 11.6. The van der Waals surface area contributed by atoms with Crippen molar-refractivity contribution in [3.63, 3.8) is 0 Å². The van der Waals surface area contributed by atoms with Crippen LogP contribution in [-0.4, -0.2) is 29.2 Å². The van der Waals surface area contributed by atoms with Gasteiger partial charge >= 0.3 is 0 Å². The zero-order valence-corrected chi connectivity index (χ0v) is 9.93. The molecule has 0 bridgehead atoms. The highest BCUT2D eigenvalue weighted by Gasteiger charge is 2.12. The van der Waals surface area contributed by atoms with Crippen LogP contribution in [0.2, 0.25) is 0 Å². The lowest BCUT2D eigenvalue weighted by atomic mass is 10.1. The molecule has 0 aliphatic heterocycles. The van der Waals surface area contributed by atoms with E-state index in [1.165, 1.54) is 6.92 Å². The van der Waals surface area contributed by atoms with Crippen molar-refractivity contribution in [2.24, 2.45) is 0 Å². The first-order valence-corrected chi connectivity index (χ1v) is 5.46. The molecule has 0 atom stereocenters. The molecule has 0 radical (unpaired) electrons. The summed E-state index contributed by atoms with van der Waals surface area (Å²) >= 11 is 0. The number of aromatic nitrogens is 1. The fourth-order valence-corrected chi connectivity index (χ4v) is 1.98. The molecule has 0 aliphatic rings. The largest absolute Gasteiger partial charge is 0.497 e. The van der Waals surface area contributed by atoms with Gasteiger partial charge in [-0.3, -0.25) is 4.79 Å². The number of ether oxygens (including phenoxy) is 1. The molecule has 1 N–H and O–H groups in total. The lowest BCUT2D eigenvalue weighted by molar-refractivity contribution is 0.101. The molecule has 0 fully saturated rings. The van der Waals surface area contributed by atoms with Crippen LogP contribution >= 0.6 is 0 Å². The molecule has 2 aromatic rings. The van der Waals surface area contributed by atoms with Gasteiger partial charge < -0.3 is 14.4 Å². The van der Waals surface area contributed by atoms with E-state index < -0.39 is 0 Å². The first-order chi connectivity index (χ1) is 8.17. The summed E-state index contributed by atoms with van der Waals surface area (Å²) < 4.78 is 7.04. The van der Waals surface area contributed by atoms with Crippen LogP contribution in [0.25, 0.3) is 10.9 Å². The van der Waals surface area contributed by atoms with Gasteiger partial charge in [0.15, 0.2) is 5.78 Å². The first kappa shape index (κ1) is 11.7. The minimum Gasteiger partial charge on any atom is -0.497 e. The second-order valence-electron chi connectivity index (χ2n) is 3.90. The Balaban J connectivity index is 2.67. The highest BCUT2D eigenvalue weighted by atomic mass is 16.5. The minimum absolute atomic E-state index is 0.0138. The number of rotatable bonds is 4. The van der Waals surface area contributed by atoms with Gasteiger partial charge in [0, 0.05) is 29.2 Å². The molecule has 17 heavy (non-hydrogen) atoms. The van der Waals surface area contributed by atoms with E-state index >= 15 is 0 Å². The summed E-state index contributed by atoms with van der Waals surface area (Å²) in [6.45, 7) is 2.07. The molecule has 0 unspecified atom stereocenters. The number of methoxy groups -OCH3 is 1. The average molecular weight is 233 g/mol. The Morgan fingerprint density at radius 3 is 2.82 bits per heavy atom. The normalized spacial score (nSPS) is 10.8. The molecule has 4 heteroatoms. The quantitative estimate of drug-likeness (QED) is 0.820. The number of carbonyl (C=O) groups excluding carboxylic acids is 1. The van der Waals surface area contributed by atoms with E-state index in [0.29, 0.717) is 12.1 Å². The van der Waals surface area contributed by atoms with Crippen molar-refractivity contribution in [3.05, 3.63) is 30.0 Å². The van der Waals surface area contributed by atoms with Crippen LogP contribution in [0.5, 0.6) is 5.75 Å². The topological polar surface area (TPSA) is 51.5 Å². The monoisotopic (exact) mass is 233 g/mol. The predicted octanol–water partition coefficient (Wildman–Crippen LogP) is 1.84. The van der Waals surface area contributed by atoms with Crippen LogP contribution in [0, 0.1) is 0 Å². The van der Waals surface area contributed by atoms with Gasteiger partial charge in [-0.1, -0.05) is 0 Å². The highest BCUT2D eigenvalue weighted by Crippen LogP contribution is 2.26. The zero-order valence-electron chi connectivity index (χ0n) is 9.93. The van der Waals surface area contributed by atoms with Crippen LogP contribution in [0.3, 0.4) is 0 Å². The number of carbonyl (C=O) groups is 1. The maximum Gasteiger partial charge on any atom is 0.161 e. The number of hydrogen-bond acceptors (Lipinski definition) is 3. The number of hydrogen-bond donors (Lipinski definition) is 1. The van der Waals surface area contributed by atoms with Crippen LogP contribution in [0.1, 0.15) is 17.3 Å². The number of nitrogens with zero attached hydrogens (tertiary/aromatic N) is 1. The number of ketones is 1. The van der Waals surface area contributed by atoms with Gasteiger partial charge in [-0.05, 0) is 25.1 Å². The molecular formula is C13H15NO3. The molecule has 1 heterocycles. The third kappa shape index (κ3) is 2.03. The lowest BCUT2D eigenvalue weighted by Crippen LogP contribution is -2.00. The third-order valence-corrected chi connectivity index (χ3v) is 2.81. The molecule has 1 aromatic heterocycles. The molecule has 4 nitrogen and oxygen atoms in total. The minimum atomic E-state index is 0.0138. The lowest BCUT2D eigenvalue weighted by Gasteiger charge is -2.03. The number of aliphatic hydroxyl groups excluding tert-OH is 1. The average Bonchev–Trinajstić information content (AvgIpc) is 2.68. The molecule has 0 spiro atoms. The summed E-state index contributed by atoms with van der Waals surface area (Å²) in [4.78, 5) is 11.6. The molecule has 0 saturated heterocycles. The number of aliphatic hydroxyl groups is 1. The summed E-state index contributed by atoms with van der Waals surface area (Å²) in [7, 11) is 1.60. The van der Waals surface area contributed by atoms with Crippen molar-refractivity contribution in [2.45, 2.75) is 13.5 Å². The summed E-state index contributed by atoms with van der Waals surface area (Å²) in [6.07, 6.45) is 1.78. The molecular weight excluding hydrogens is 218 g/mol. The Morgan fingerprint density at radius 1 is 1.47 bits per heavy atom. The van der Waals surface area contributed by atoms with Crippen molar-refractivity contribution in [3.8, 4) is 5.75 Å². The summed E-state index contributed by atoms with van der Waals surface area (Å²) in [5, 5.41) is 9.86. The standard InChI is InChI=1S/C13H15NO3/c1-9(16)12-8-14(5-6-15)13-4-3-10(17-2)7-11(12)13/h3-4,7-8,15H,5-6H2,1-2H3. The Labute approximate surface area is 99.4 Å². The van der Waals surface area contributed by atoms with Gasteiger partial charge in [0.05, 0.1) is 13.7 Å². The Bertz CT molecular complexity index is 557. The summed E-state index contributed by atoms with van der Waals surface area (Å²) in [5.74, 6) is 0.738. The van der Waals surface area contributed by atoms with Gasteiger partial charge in [-0.2, -0.15) is 0 Å². The van der Waals surface area contributed by atoms with Gasteiger partial charge in [0.25, 0.3) is 0 Å². The number of Topliss-reactive ketones (excluding diaryl/α,β-unsaturated/α-hetero) is 1. The Kier molecular flexibility index (Phi) is 3.15. The second-order valence-corrected chi connectivity index (χ2v) is 3.90. The van der Waals surface area contributed by atoms with Crippen LogP contribution in [0.15, 0.2) is 24.4 Å². The van der Waals surface area contributed by atoms with Gasteiger partial charge in [-0.15, -0.1) is 0 Å². The molecule has 0 amide bonds. The van der Waals surface area contributed by atoms with E-state index in [9.17, 15) is 4.79 Å². The number of fused-ring (bicyclic) bond motifs is 1. The van der Waals surface area contributed by atoms with E-state index in [1.54, 1.807) is 13.3 Å². The predicted molar refractivity (Wildman–Crippen MR) is 65.6 cm³/mol. The van der Waals surface area contributed by atoms with Crippen LogP contribution < -0.4 is 4.74 Å². The highest BCUT2D eigenvalue weighted by molar-refractivity contribution is 6.07. The van der Waals surface area contributed by atoms with E-state index in [2.05, 4.69) is 0 Å². The smallest absolute Gasteiger partial charge is 0.161 e. The second kappa shape index (κ2) is 4.59. The molecule has 0 aliphatic carbocycles. The number of benzene rings is 1. The maximum atomic E-state index is 11.6. The van der Waals surface area contributed by atoms with E-state index in [0.717, 1.165) is 16.7 Å². The fourth-order valence-electron chi connectivity index (χ4n) is 1.98. The Hall–Kier alpha value is -1.81. The van der Waals surface area contributed by atoms with Crippen molar-refractivity contribution in [1.29, 1.82) is 0 Å². The molecule has 0 saturated carbocycles. The molecule has 2 rings (SSSR count). The van der Waals surface area contributed by atoms with Crippen molar-refractivity contribution < 1.29 is 14.6 Å². The first-order valence-electron chi connectivity index (χ1n) is 5.46. The van der Waals surface area contributed by atoms with Gasteiger partial charge in [-0.25, -0.2) is 0 Å². The molecule has 1 aromatic carbocycles. The van der Waals surface area contributed by atoms with E-state index in [-0.39, 0.29) is 12.4 Å². The SMILES string of the molecule is COc1ccc2c(c1)c(C(C)=O)cn2CCO. The fraction of sp³-hybridized carbons (Fsp3) is 0.308. The molecule has 90 valence electrons. The Morgan fingerprint density at radius 2 is 2.24 bits per heavy atom. The van der Waals surface area contributed by atoms with E-state index in [1.807, 2.05) is 22.8 Å². The summed E-state index contributed by atoms with van der Waals surface area (Å²) in [5.41, 5.74) is 1.59. The van der Waals surface area contributed by atoms with Crippen LogP contribution in [-0.2, 0) is 6.54 Å². The van der Waals surface area contributed by atoms with Crippen molar-refractivity contribution in [2.75, 3.05) is 13.7 Å². The summed E-state index contributed by atoms with van der Waals surface area (Å²) in [6, 6.07) is 5.59. The third-order valence-electron chi connectivity index (χ3n) is 2.81. The zero-order chi connectivity index (χ0) is 12.4.